The lowest BCUT2D eigenvalue weighted by atomic mass is 10.1. The van der Waals surface area contributed by atoms with Gasteiger partial charge in [0.05, 0.1) is 5.56 Å². The molecular formula is C8H4F5NO. The Labute approximate surface area is 80.7 Å². The Bertz CT molecular complexity index is 374. The fourth-order valence-electron chi connectivity index (χ4n) is 0.942. The highest BCUT2D eigenvalue weighted by Gasteiger charge is 2.34. The molecule has 0 fully saturated rings. The summed E-state index contributed by atoms with van der Waals surface area (Å²) in [6, 6.07) is 0.431. The first kappa shape index (κ1) is 11.5. The number of aldehydes is 1. The summed E-state index contributed by atoms with van der Waals surface area (Å²) in [4.78, 5) is 13.2. The molecule has 82 valence electrons. The molecule has 2 nitrogen and oxygen atoms in total. The summed E-state index contributed by atoms with van der Waals surface area (Å²) in [6.45, 7) is 0. The molecule has 0 bridgehead atoms. The van der Waals surface area contributed by atoms with E-state index in [1.807, 2.05) is 0 Å². The summed E-state index contributed by atoms with van der Waals surface area (Å²) in [7, 11) is 0. The van der Waals surface area contributed by atoms with E-state index >= 15 is 0 Å². The maximum atomic E-state index is 12.2. The van der Waals surface area contributed by atoms with Gasteiger partial charge in [-0.05, 0) is 6.07 Å². The Morgan fingerprint density at radius 1 is 1.33 bits per heavy atom. The lowest BCUT2D eigenvalue weighted by Gasteiger charge is -2.09. The van der Waals surface area contributed by atoms with Crippen LogP contribution in [0.25, 0.3) is 0 Å². The van der Waals surface area contributed by atoms with Crippen LogP contribution < -0.4 is 0 Å². The Kier molecular flexibility index (Phi) is 3.01. The van der Waals surface area contributed by atoms with Crippen molar-refractivity contribution in [3.8, 4) is 0 Å². The predicted octanol–water partition coefficient (Wildman–Crippen LogP) is 2.85. The second-order valence-corrected chi connectivity index (χ2v) is 2.61. The zero-order chi connectivity index (χ0) is 11.6. The van der Waals surface area contributed by atoms with Gasteiger partial charge in [-0.25, -0.2) is 8.78 Å². The highest BCUT2D eigenvalue weighted by atomic mass is 19.4. The SMILES string of the molecule is O=Cc1cc(C(F)F)ncc1C(F)(F)F. The van der Waals surface area contributed by atoms with Crippen molar-refractivity contribution in [2.24, 2.45) is 0 Å². The molecular weight excluding hydrogens is 221 g/mol. The topological polar surface area (TPSA) is 30.0 Å². The number of halogens is 5. The van der Waals surface area contributed by atoms with Crippen LogP contribution in [0.15, 0.2) is 12.3 Å². The van der Waals surface area contributed by atoms with Gasteiger partial charge in [-0.3, -0.25) is 9.78 Å². The van der Waals surface area contributed by atoms with Gasteiger partial charge < -0.3 is 0 Å². The minimum atomic E-state index is -4.77. The highest BCUT2D eigenvalue weighted by molar-refractivity contribution is 5.77. The molecule has 0 unspecified atom stereocenters. The number of rotatable bonds is 2. The molecule has 1 rings (SSSR count). The normalized spacial score (nSPS) is 11.9. The van der Waals surface area contributed by atoms with E-state index in [2.05, 4.69) is 4.98 Å². The van der Waals surface area contributed by atoms with Gasteiger partial charge in [0.2, 0.25) is 0 Å². The molecule has 0 aliphatic carbocycles. The third kappa shape index (κ3) is 2.48. The van der Waals surface area contributed by atoms with Crippen LogP contribution >= 0.6 is 0 Å². The average Bonchev–Trinajstić information content (AvgIpc) is 2.15. The van der Waals surface area contributed by atoms with E-state index < -0.39 is 29.4 Å². The molecule has 0 radical (unpaired) electrons. The maximum Gasteiger partial charge on any atom is 0.418 e. The van der Waals surface area contributed by atoms with E-state index in [0.29, 0.717) is 6.07 Å². The lowest BCUT2D eigenvalue weighted by molar-refractivity contribution is -0.138. The van der Waals surface area contributed by atoms with Crippen LogP contribution in [0.4, 0.5) is 22.0 Å². The molecule has 0 aliphatic rings. The number of carbonyl (C=O) groups excluding carboxylic acids is 1. The largest absolute Gasteiger partial charge is 0.418 e. The Morgan fingerprint density at radius 3 is 2.33 bits per heavy atom. The molecule has 0 N–H and O–H groups in total. The van der Waals surface area contributed by atoms with Crippen molar-refractivity contribution >= 4 is 6.29 Å². The number of hydrogen-bond donors (Lipinski definition) is 0. The number of nitrogens with zero attached hydrogens (tertiary/aromatic N) is 1. The van der Waals surface area contributed by atoms with Crippen LogP contribution in [0.3, 0.4) is 0 Å². The first-order valence-corrected chi connectivity index (χ1v) is 3.66. The van der Waals surface area contributed by atoms with Gasteiger partial charge in [0, 0.05) is 11.8 Å². The third-order valence-corrected chi connectivity index (χ3v) is 1.61. The van der Waals surface area contributed by atoms with Crippen LogP contribution in [0.2, 0.25) is 0 Å². The quantitative estimate of drug-likeness (QED) is 0.572. The highest BCUT2D eigenvalue weighted by Crippen LogP contribution is 2.32. The van der Waals surface area contributed by atoms with Gasteiger partial charge in [0.25, 0.3) is 6.43 Å². The molecule has 15 heavy (non-hydrogen) atoms. The number of alkyl halides is 5. The van der Waals surface area contributed by atoms with E-state index in [0.717, 1.165) is 0 Å². The Hall–Kier alpha value is -1.53. The van der Waals surface area contributed by atoms with Crippen molar-refractivity contribution < 1.29 is 26.7 Å². The van der Waals surface area contributed by atoms with Crippen molar-refractivity contribution in [3.05, 3.63) is 29.1 Å². The number of aromatic nitrogens is 1. The van der Waals surface area contributed by atoms with E-state index in [-0.39, 0.29) is 12.5 Å². The second-order valence-electron chi connectivity index (χ2n) is 2.61. The van der Waals surface area contributed by atoms with Crippen molar-refractivity contribution in [2.45, 2.75) is 12.6 Å². The first-order valence-electron chi connectivity index (χ1n) is 3.66. The molecule has 1 aromatic rings. The summed E-state index contributed by atoms with van der Waals surface area (Å²) in [6.07, 6.45) is -7.68. The molecule has 0 spiro atoms. The van der Waals surface area contributed by atoms with Gasteiger partial charge in [-0.1, -0.05) is 0 Å². The van der Waals surface area contributed by atoms with Crippen LogP contribution in [0.5, 0.6) is 0 Å². The fraction of sp³-hybridized carbons (Fsp3) is 0.250. The summed E-state index contributed by atoms with van der Waals surface area (Å²) in [5.74, 6) is 0. The maximum absolute atomic E-state index is 12.2. The minimum Gasteiger partial charge on any atom is -0.298 e. The van der Waals surface area contributed by atoms with Gasteiger partial charge >= 0.3 is 6.18 Å². The van der Waals surface area contributed by atoms with Crippen molar-refractivity contribution in [3.63, 3.8) is 0 Å². The van der Waals surface area contributed by atoms with Crippen molar-refractivity contribution in [2.75, 3.05) is 0 Å². The smallest absolute Gasteiger partial charge is 0.298 e. The molecule has 0 aliphatic heterocycles. The van der Waals surface area contributed by atoms with Gasteiger partial charge in [0.15, 0.2) is 6.29 Å². The fourth-order valence-corrected chi connectivity index (χ4v) is 0.942. The molecule has 0 aromatic carbocycles. The number of hydrogen-bond acceptors (Lipinski definition) is 2. The summed E-state index contributed by atoms with van der Waals surface area (Å²) >= 11 is 0. The number of carbonyl (C=O) groups is 1. The summed E-state index contributed by atoms with van der Waals surface area (Å²) < 4.78 is 60.6. The first-order chi connectivity index (χ1) is 6.86. The minimum absolute atomic E-state index is 0.129. The summed E-state index contributed by atoms with van der Waals surface area (Å²) in [5.41, 5.74) is -3.01. The lowest BCUT2D eigenvalue weighted by Crippen LogP contribution is -2.10. The molecule has 1 heterocycles. The van der Waals surface area contributed by atoms with Crippen molar-refractivity contribution in [1.82, 2.24) is 4.98 Å². The zero-order valence-electron chi connectivity index (χ0n) is 7.05. The zero-order valence-corrected chi connectivity index (χ0v) is 7.05. The van der Waals surface area contributed by atoms with E-state index in [9.17, 15) is 26.7 Å². The van der Waals surface area contributed by atoms with Gasteiger partial charge in [0.1, 0.15) is 5.69 Å². The van der Waals surface area contributed by atoms with Gasteiger partial charge in [-0.2, -0.15) is 13.2 Å². The molecule has 1 aromatic heterocycles. The van der Waals surface area contributed by atoms with E-state index in [1.54, 1.807) is 0 Å². The monoisotopic (exact) mass is 225 g/mol. The Balaban J connectivity index is 3.27. The van der Waals surface area contributed by atoms with Crippen LogP contribution in [-0.4, -0.2) is 11.3 Å². The summed E-state index contributed by atoms with van der Waals surface area (Å²) in [5, 5.41) is 0. The third-order valence-electron chi connectivity index (χ3n) is 1.61. The van der Waals surface area contributed by atoms with Crippen LogP contribution in [-0.2, 0) is 6.18 Å². The molecule has 0 atom stereocenters. The Morgan fingerprint density at radius 2 is 1.93 bits per heavy atom. The molecule has 0 amide bonds. The average molecular weight is 225 g/mol. The predicted molar refractivity (Wildman–Crippen MR) is 39.6 cm³/mol. The molecule has 0 saturated heterocycles. The van der Waals surface area contributed by atoms with Crippen molar-refractivity contribution in [1.29, 1.82) is 0 Å². The second kappa shape index (κ2) is 3.92. The van der Waals surface area contributed by atoms with Gasteiger partial charge in [-0.15, -0.1) is 0 Å². The molecule has 7 heteroatoms. The van der Waals surface area contributed by atoms with E-state index in [1.165, 1.54) is 0 Å². The standard InChI is InChI=1S/C8H4F5NO/c9-7(10)6-1-4(3-15)5(2-14-6)8(11,12)13/h1-3,7H. The van der Waals surface area contributed by atoms with Crippen LogP contribution in [0.1, 0.15) is 28.0 Å². The molecule has 0 saturated carbocycles. The number of pyridine rings is 1. The van der Waals surface area contributed by atoms with Crippen LogP contribution in [0, 0.1) is 0 Å². The van der Waals surface area contributed by atoms with E-state index in [4.69, 9.17) is 0 Å².